The first-order valence-corrected chi connectivity index (χ1v) is 7.63. The van der Waals surface area contributed by atoms with Crippen molar-refractivity contribution in [2.45, 2.75) is 13.2 Å². The lowest BCUT2D eigenvalue weighted by atomic mass is 10.2. The van der Waals surface area contributed by atoms with Crippen LogP contribution < -0.4 is 10.6 Å². The van der Waals surface area contributed by atoms with E-state index in [0.29, 0.717) is 0 Å². The van der Waals surface area contributed by atoms with E-state index in [1.54, 1.807) is 6.92 Å². The van der Waals surface area contributed by atoms with Crippen LogP contribution in [0.15, 0.2) is 53.3 Å². The second-order valence-corrected chi connectivity index (χ2v) is 5.83. The van der Waals surface area contributed by atoms with Crippen molar-refractivity contribution in [2.75, 3.05) is 10.6 Å². The third kappa shape index (κ3) is 3.35. The molecule has 112 valence electrons. The number of nitrogens with zero attached hydrogens (tertiary/aromatic N) is 2. The van der Waals surface area contributed by atoms with Gasteiger partial charge in [0.05, 0.1) is 5.52 Å². The smallest absolute Gasteiger partial charge is 0.141 e. The quantitative estimate of drug-likeness (QED) is 0.617. The number of fused-ring (bicyclic) bond motifs is 1. The molecule has 0 saturated heterocycles. The Labute approximate surface area is 136 Å². The zero-order valence-corrected chi connectivity index (χ0v) is 13.5. The molecule has 0 amide bonds. The number of anilines is 3. The van der Waals surface area contributed by atoms with Crippen LogP contribution in [0.3, 0.4) is 0 Å². The molecule has 5 nitrogen and oxygen atoms in total. The maximum Gasteiger partial charge on any atom is 0.141 e. The summed E-state index contributed by atoms with van der Waals surface area (Å²) in [5.41, 5.74) is 2.56. The molecule has 1 unspecified atom stereocenters. The molecule has 0 saturated carbocycles. The Morgan fingerprint density at radius 3 is 2.73 bits per heavy atom. The van der Waals surface area contributed by atoms with Crippen LogP contribution in [0.2, 0.25) is 0 Å². The van der Waals surface area contributed by atoms with Crippen molar-refractivity contribution < 1.29 is 5.11 Å². The maximum absolute atomic E-state index is 9.39. The second-order valence-electron chi connectivity index (χ2n) is 4.91. The van der Waals surface area contributed by atoms with Gasteiger partial charge in [-0.05, 0) is 43.3 Å². The highest BCUT2D eigenvalue weighted by Gasteiger charge is 2.06. The van der Waals surface area contributed by atoms with Gasteiger partial charge in [-0.15, -0.1) is 0 Å². The van der Waals surface area contributed by atoms with E-state index in [1.807, 2.05) is 42.5 Å². The summed E-state index contributed by atoms with van der Waals surface area (Å²) in [6, 6.07) is 13.6. The fourth-order valence-electron chi connectivity index (χ4n) is 2.19. The maximum atomic E-state index is 9.39. The lowest BCUT2D eigenvalue weighted by Gasteiger charge is -2.12. The molecule has 0 bridgehead atoms. The Balaban J connectivity index is 1.96. The molecule has 1 atom stereocenters. The number of halogens is 1. The molecule has 22 heavy (non-hydrogen) atoms. The summed E-state index contributed by atoms with van der Waals surface area (Å²) < 4.78 is 0.999. The number of rotatable bonds is 4. The van der Waals surface area contributed by atoms with E-state index >= 15 is 0 Å². The molecule has 0 aliphatic carbocycles. The molecular weight excluding hydrogens is 344 g/mol. The zero-order chi connectivity index (χ0) is 15.5. The third-order valence-electron chi connectivity index (χ3n) is 3.10. The molecule has 3 rings (SSSR count). The van der Waals surface area contributed by atoms with Crippen LogP contribution in [0.5, 0.6) is 0 Å². The van der Waals surface area contributed by atoms with Gasteiger partial charge in [-0.1, -0.05) is 22.0 Å². The molecular formula is C16H15BrN4O. The van der Waals surface area contributed by atoms with Crippen molar-refractivity contribution in [3.8, 4) is 0 Å². The summed E-state index contributed by atoms with van der Waals surface area (Å²) in [5.74, 6) is 0.742. The first-order valence-electron chi connectivity index (χ1n) is 6.84. The molecule has 0 spiro atoms. The van der Waals surface area contributed by atoms with Crippen LogP contribution in [-0.4, -0.2) is 21.3 Å². The van der Waals surface area contributed by atoms with Crippen LogP contribution in [-0.2, 0) is 0 Å². The van der Waals surface area contributed by atoms with E-state index in [2.05, 4.69) is 36.5 Å². The summed E-state index contributed by atoms with van der Waals surface area (Å²) in [4.78, 5) is 8.60. The number of aliphatic hydroxyl groups excluding tert-OH is 1. The van der Waals surface area contributed by atoms with Gasteiger partial charge >= 0.3 is 0 Å². The van der Waals surface area contributed by atoms with Crippen LogP contribution in [0.1, 0.15) is 6.92 Å². The van der Waals surface area contributed by atoms with Gasteiger partial charge in [0, 0.05) is 21.2 Å². The predicted molar refractivity (Wildman–Crippen MR) is 92.3 cm³/mol. The van der Waals surface area contributed by atoms with Gasteiger partial charge in [0.1, 0.15) is 18.4 Å². The summed E-state index contributed by atoms with van der Waals surface area (Å²) >= 11 is 3.45. The van der Waals surface area contributed by atoms with Crippen molar-refractivity contribution in [3.05, 3.63) is 53.3 Å². The summed E-state index contributed by atoms with van der Waals surface area (Å²) in [7, 11) is 0. The number of hydrogen-bond donors (Lipinski definition) is 3. The van der Waals surface area contributed by atoms with Crippen molar-refractivity contribution in [1.29, 1.82) is 0 Å². The zero-order valence-electron chi connectivity index (χ0n) is 11.9. The normalized spacial score (nSPS) is 12.1. The highest BCUT2D eigenvalue weighted by atomic mass is 79.9. The molecule has 1 heterocycles. The molecule has 0 aliphatic heterocycles. The van der Waals surface area contributed by atoms with Crippen molar-refractivity contribution >= 4 is 44.0 Å². The number of hydrogen-bond acceptors (Lipinski definition) is 5. The van der Waals surface area contributed by atoms with Gasteiger partial charge in [-0.25, -0.2) is 9.97 Å². The van der Waals surface area contributed by atoms with Crippen LogP contribution >= 0.6 is 15.9 Å². The van der Waals surface area contributed by atoms with E-state index in [1.165, 1.54) is 6.33 Å². The van der Waals surface area contributed by atoms with E-state index in [4.69, 9.17) is 0 Å². The van der Waals surface area contributed by atoms with E-state index in [0.717, 1.165) is 32.6 Å². The largest absolute Gasteiger partial charge is 0.374 e. The number of benzene rings is 2. The van der Waals surface area contributed by atoms with E-state index in [9.17, 15) is 5.11 Å². The molecule has 0 radical (unpaired) electrons. The molecule has 0 aliphatic rings. The van der Waals surface area contributed by atoms with Gasteiger partial charge in [-0.3, -0.25) is 0 Å². The van der Waals surface area contributed by atoms with Crippen LogP contribution in [0, 0.1) is 0 Å². The standard InChI is InChI=1S/C16H15BrN4O/c1-10(22)20-13-5-6-14-15(8-13)18-9-19-16(14)21-12-4-2-3-11(17)7-12/h2-10,20,22H,1H3,(H,18,19,21). The molecule has 3 N–H and O–H groups in total. The lowest BCUT2D eigenvalue weighted by Crippen LogP contribution is -2.13. The van der Waals surface area contributed by atoms with Crippen molar-refractivity contribution in [2.24, 2.45) is 0 Å². The van der Waals surface area contributed by atoms with Gasteiger partial charge in [0.2, 0.25) is 0 Å². The Morgan fingerprint density at radius 1 is 1.09 bits per heavy atom. The minimum absolute atomic E-state index is 0.612. The molecule has 6 heteroatoms. The number of nitrogens with one attached hydrogen (secondary N) is 2. The first-order chi connectivity index (χ1) is 10.6. The monoisotopic (exact) mass is 358 g/mol. The average molecular weight is 359 g/mol. The Hall–Kier alpha value is -2.18. The Morgan fingerprint density at radius 2 is 1.95 bits per heavy atom. The van der Waals surface area contributed by atoms with Crippen molar-refractivity contribution in [3.63, 3.8) is 0 Å². The minimum Gasteiger partial charge on any atom is -0.374 e. The molecule has 0 fully saturated rings. The first kappa shape index (κ1) is 14.7. The van der Waals surface area contributed by atoms with Crippen LogP contribution in [0.25, 0.3) is 10.9 Å². The Kier molecular flexibility index (Phi) is 4.22. The average Bonchev–Trinajstić information content (AvgIpc) is 2.46. The highest BCUT2D eigenvalue weighted by molar-refractivity contribution is 9.10. The molecule has 1 aromatic heterocycles. The van der Waals surface area contributed by atoms with Gasteiger partial charge in [0.25, 0.3) is 0 Å². The molecule has 3 aromatic rings. The lowest BCUT2D eigenvalue weighted by molar-refractivity contribution is 0.224. The summed E-state index contributed by atoms with van der Waals surface area (Å²) in [6.45, 7) is 1.67. The summed E-state index contributed by atoms with van der Waals surface area (Å²) in [5, 5.41) is 16.5. The van der Waals surface area contributed by atoms with E-state index < -0.39 is 6.23 Å². The Bertz CT molecular complexity index is 807. The third-order valence-corrected chi connectivity index (χ3v) is 3.59. The number of aromatic nitrogens is 2. The van der Waals surface area contributed by atoms with E-state index in [-0.39, 0.29) is 0 Å². The van der Waals surface area contributed by atoms with Gasteiger partial charge in [0.15, 0.2) is 0 Å². The topological polar surface area (TPSA) is 70.1 Å². The van der Waals surface area contributed by atoms with Crippen molar-refractivity contribution in [1.82, 2.24) is 9.97 Å². The van der Waals surface area contributed by atoms with Gasteiger partial charge < -0.3 is 15.7 Å². The minimum atomic E-state index is -0.612. The second kappa shape index (κ2) is 6.29. The fourth-order valence-corrected chi connectivity index (χ4v) is 2.59. The van der Waals surface area contributed by atoms with Gasteiger partial charge in [-0.2, -0.15) is 0 Å². The SMILES string of the molecule is CC(O)Nc1ccc2c(Nc3cccc(Br)c3)ncnc2c1. The van der Waals surface area contributed by atoms with Crippen LogP contribution in [0.4, 0.5) is 17.2 Å². The predicted octanol–water partition coefficient (Wildman–Crippen LogP) is 3.89. The molecule has 2 aromatic carbocycles. The number of aliphatic hydroxyl groups is 1. The highest BCUT2D eigenvalue weighted by Crippen LogP contribution is 2.26. The fraction of sp³-hybridized carbons (Fsp3) is 0.125. The summed E-state index contributed by atoms with van der Waals surface area (Å²) in [6.07, 6.45) is 0.910.